The Balaban J connectivity index is 0.000000376. The van der Waals surface area contributed by atoms with Crippen LogP contribution in [0.2, 0.25) is 0 Å². The van der Waals surface area contributed by atoms with E-state index in [1.807, 2.05) is 47.2 Å². The number of hydrogen-bond acceptors (Lipinski definition) is 8. The second kappa shape index (κ2) is 15.9. The molecule has 256 valence electrons. The van der Waals surface area contributed by atoms with Crippen LogP contribution in [0.1, 0.15) is 21.7 Å². The predicted molar refractivity (Wildman–Crippen MR) is 160 cm³/mol. The third kappa shape index (κ3) is 9.77. The molecular weight excluding hydrogens is 676 g/mol. The molecule has 1 amide bonds. The first-order valence-electron chi connectivity index (χ1n) is 13.4. The molecule has 0 bridgehead atoms. The van der Waals surface area contributed by atoms with Crippen LogP contribution in [0.5, 0.6) is 5.75 Å². The first-order valence-corrected chi connectivity index (χ1v) is 14.2. The van der Waals surface area contributed by atoms with E-state index >= 15 is 0 Å². The number of hydrogen-bond donors (Lipinski definition) is 3. The number of thiophene rings is 1. The van der Waals surface area contributed by atoms with Gasteiger partial charge in [0.05, 0.1) is 16.5 Å². The van der Waals surface area contributed by atoms with Crippen molar-refractivity contribution in [1.82, 2.24) is 24.4 Å². The summed E-state index contributed by atoms with van der Waals surface area (Å²) in [4.78, 5) is 52.8. The number of aromatic nitrogens is 4. The van der Waals surface area contributed by atoms with E-state index in [9.17, 15) is 35.9 Å². The number of carboxylic acid groups (broad SMARTS) is 2. The monoisotopic (exact) mass is 701 g/mol. The predicted octanol–water partition coefficient (Wildman–Crippen LogP) is 5.01. The quantitative estimate of drug-likeness (QED) is 0.149. The standard InChI is InChI=1S/C25H23N5O3S.2C2HF3O2/c1-29-19-6-3-2-5-18(19)22-20(25(29)32)21(33-15-17-7-10-26-11-8-17)23(34-22)24(31)28-9-4-13-30-14-12-27-16-30;2*3-2(4,5)1(6)7/h2-3,5-8,10-12,14,16H,4,9,13,15H2,1H3,(H,28,31);2*(H,6,7). The number of ether oxygens (including phenoxy) is 1. The van der Waals surface area contributed by atoms with Crippen molar-refractivity contribution in [2.24, 2.45) is 7.05 Å². The van der Waals surface area contributed by atoms with Crippen LogP contribution < -0.4 is 15.6 Å². The van der Waals surface area contributed by atoms with E-state index in [0.29, 0.717) is 22.6 Å². The molecule has 12 nitrogen and oxygen atoms in total. The van der Waals surface area contributed by atoms with Gasteiger partial charge in [0.2, 0.25) is 0 Å². The number of amides is 1. The van der Waals surface area contributed by atoms with Crippen LogP contribution in [0.15, 0.2) is 72.3 Å². The first kappa shape index (κ1) is 37.0. The van der Waals surface area contributed by atoms with E-state index in [4.69, 9.17) is 24.5 Å². The SMILES string of the molecule is Cn1c(=O)c2c(OCc3ccncc3)c(C(=O)NCCCn3ccnc3)sc2c2ccccc21.O=C(O)C(F)(F)F.O=C(O)C(F)(F)F. The van der Waals surface area contributed by atoms with Crippen LogP contribution in [0.25, 0.3) is 21.0 Å². The summed E-state index contributed by atoms with van der Waals surface area (Å²) < 4.78 is 73.9. The summed E-state index contributed by atoms with van der Waals surface area (Å²) in [6.07, 6.45) is -0.674. The molecule has 0 aliphatic heterocycles. The Hall–Kier alpha value is -5.46. The van der Waals surface area contributed by atoms with Gasteiger partial charge in [-0.1, -0.05) is 18.2 Å². The molecule has 19 heteroatoms. The fraction of sp³-hybridized carbons (Fsp3) is 0.241. The Morgan fingerprint density at radius 1 is 0.938 bits per heavy atom. The number of carbonyl (C=O) groups excluding carboxylic acids is 1. The van der Waals surface area contributed by atoms with Crippen molar-refractivity contribution in [3.05, 3.63) is 88.3 Å². The lowest BCUT2D eigenvalue weighted by Crippen LogP contribution is -2.25. The molecule has 0 radical (unpaired) electrons. The van der Waals surface area contributed by atoms with Gasteiger partial charge < -0.3 is 29.4 Å². The molecule has 0 spiro atoms. The number of rotatable bonds is 8. The average molecular weight is 702 g/mol. The van der Waals surface area contributed by atoms with Gasteiger partial charge in [0, 0.05) is 50.3 Å². The first-order chi connectivity index (χ1) is 22.5. The molecule has 0 fully saturated rings. The van der Waals surface area contributed by atoms with Crippen LogP contribution in [0, 0.1) is 0 Å². The van der Waals surface area contributed by atoms with Gasteiger partial charge in [-0.25, -0.2) is 14.6 Å². The number of fused-ring (bicyclic) bond motifs is 3. The molecule has 4 heterocycles. The zero-order chi connectivity index (χ0) is 35.6. The number of benzene rings is 1. The minimum absolute atomic E-state index is 0.186. The molecule has 1 aromatic carbocycles. The van der Waals surface area contributed by atoms with Gasteiger partial charge in [-0.3, -0.25) is 14.6 Å². The molecule has 0 unspecified atom stereocenters. The van der Waals surface area contributed by atoms with Crippen molar-refractivity contribution in [2.75, 3.05) is 6.54 Å². The highest BCUT2D eigenvalue weighted by atomic mass is 32.1. The zero-order valence-electron chi connectivity index (χ0n) is 24.6. The van der Waals surface area contributed by atoms with Crippen LogP contribution in [-0.2, 0) is 29.8 Å². The molecule has 0 aliphatic rings. The van der Waals surface area contributed by atoms with E-state index < -0.39 is 24.3 Å². The Kier molecular flexibility index (Phi) is 12.3. The second-order valence-corrected chi connectivity index (χ2v) is 10.5. The summed E-state index contributed by atoms with van der Waals surface area (Å²) in [5.41, 5.74) is 1.53. The lowest BCUT2D eigenvalue weighted by molar-refractivity contribution is -0.193. The van der Waals surface area contributed by atoms with Crippen molar-refractivity contribution in [2.45, 2.75) is 31.9 Å². The molecule has 0 saturated carbocycles. The van der Waals surface area contributed by atoms with Gasteiger partial charge in [0.15, 0.2) is 5.75 Å². The highest BCUT2D eigenvalue weighted by Gasteiger charge is 2.38. The van der Waals surface area contributed by atoms with Gasteiger partial charge >= 0.3 is 24.3 Å². The number of nitrogens with zero attached hydrogens (tertiary/aromatic N) is 4. The Bertz CT molecular complexity index is 1900. The van der Waals surface area contributed by atoms with Crippen LogP contribution in [-0.4, -0.2) is 66.1 Å². The molecular formula is C29H25F6N5O7S. The van der Waals surface area contributed by atoms with Gasteiger partial charge in [-0.2, -0.15) is 26.3 Å². The van der Waals surface area contributed by atoms with Crippen molar-refractivity contribution in [3.8, 4) is 5.75 Å². The fourth-order valence-corrected chi connectivity index (χ4v) is 5.11. The number of carbonyl (C=O) groups is 3. The Morgan fingerprint density at radius 2 is 1.54 bits per heavy atom. The fourth-order valence-electron chi connectivity index (χ4n) is 3.92. The lowest BCUT2D eigenvalue weighted by atomic mass is 10.1. The number of halogens is 6. The zero-order valence-corrected chi connectivity index (χ0v) is 25.4. The van der Waals surface area contributed by atoms with Crippen LogP contribution >= 0.6 is 11.3 Å². The third-order valence-electron chi connectivity index (χ3n) is 6.15. The number of aliphatic carboxylic acids is 2. The summed E-state index contributed by atoms with van der Waals surface area (Å²) in [6.45, 7) is 1.47. The number of imidazole rings is 1. The normalized spacial score (nSPS) is 11.2. The smallest absolute Gasteiger partial charge is 0.486 e. The molecule has 5 aromatic rings. The van der Waals surface area contributed by atoms with Gasteiger partial charge in [-0.15, -0.1) is 11.3 Å². The highest BCUT2D eigenvalue weighted by molar-refractivity contribution is 7.22. The molecule has 0 aliphatic carbocycles. The number of para-hydroxylation sites is 1. The largest absolute Gasteiger partial charge is 0.490 e. The van der Waals surface area contributed by atoms with Gasteiger partial charge in [0.25, 0.3) is 11.5 Å². The molecule has 3 N–H and O–H groups in total. The summed E-state index contributed by atoms with van der Waals surface area (Å²) in [5.74, 6) is -5.43. The number of alkyl halides is 6. The van der Waals surface area contributed by atoms with Crippen LogP contribution in [0.3, 0.4) is 0 Å². The minimum atomic E-state index is -5.08. The van der Waals surface area contributed by atoms with Crippen molar-refractivity contribution < 1.29 is 55.7 Å². The van der Waals surface area contributed by atoms with Crippen LogP contribution in [0.4, 0.5) is 26.3 Å². The van der Waals surface area contributed by atoms with Gasteiger partial charge in [-0.05, 0) is 30.2 Å². The number of nitrogens with one attached hydrogen (secondary N) is 1. The lowest BCUT2D eigenvalue weighted by Gasteiger charge is -2.10. The van der Waals surface area contributed by atoms with E-state index in [2.05, 4.69) is 15.3 Å². The second-order valence-electron chi connectivity index (χ2n) is 9.51. The molecule has 5 rings (SSSR count). The Labute approximate surface area is 269 Å². The van der Waals surface area contributed by atoms with E-state index in [-0.39, 0.29) is 18.1 Å². The summed E-state index contributed by atoms with van der Waals surface area (Å²) in [7, 11) is 1.74. The topological polar surface area (TPSA) is 166 Å². The Morgan fingerprint density at radius 3 is 2.10 bits per heavy atom. The summed E-state index contributed by atoms with van der Waals surface area (Å²) in [5, 5.41) is 18.6. The van der Waals surface area contributed by atoms with Crippen molar-refractivity contribution in [1.29, 1.82) is 0 Å². The van der Waals surface area contributed by atoms with E-state index in [0.717, 1.165) is 34.1 Å². The average Bonchev–Trinajstić information content (AvgIpc) is 3.69. The number of carboxylic acids is 2. The number of aryl methyl sites for hydroxylation is 2. The van der Waals surface area contributed by atoms with Crippen molar-refractivity contribution >= 4 is 50.2 Å². The maximum Gasteiger partial charge on any atom is 0.490 e. The van der Waals surface area contributed by atoms with Crippen molar-refractivity contribution in [3.63, 3.8) is 0 Å². The van der Waals surface area contributed by atoms with E-state index in [1.54, 1.807) is 36.5 Å². The maximum atomic E-state index is 13.3. The molecule has 4 aromatic heterocycles. The van der Waals surface area contributed by atoms with E-state index in [1.165, 1.54) is 11.3 Å². The molecule has 48 heavy (non-hydrogen) atoms. The summed E-state index contributed by atoms with van der Waals surface area (Å²) in [6, 6.07) is 11.4. The summed E-state index contributed by atoms with van der Waals surface area (Å²) >= 11 is 1.30. The third-order valence-corrected chi connectivity index (χ3v) is 7.36. The molecule has 0 atom stereocenters. The molecule has 0 saturated heterocycles. The minimum Gasteiger partial charge on any atom is -0.486 e. The van der Waals surface area contributed by atoms with Gasteiger partial charge in [0.1, 0.15) is 16.9 Å². The highest BCUT2D eigenvalue weighted by Crippen LogP contribution is 2.40. The number of pyridine rings is 2. The maximum absolute atomic E-state index is 13.3.